The number of para-hydroxylation sites is 4. The van der Waals surface area contributed by atoms with E-state index in [2.05, 4.69) is 9.97 Å². The number of phenolic OH excluding ortho intramolecular Hbond substituents is 2. The van der Waals surface area contributed by atoms with Crippen molar-refractivity contribution >= 4 is 11.0 Å². The molecule has 0 amide bonds. The number of H-pyrrole nitrogens is 1. The topological polar surface area (TPSA) is 95.2 Å². The molecule has 0 bridgehead atoms. The van der Waals surface area contributed by atoms with Gasteiger partial charge in [-0.3, -0.25) is 0 Å². The molecule has 0 atom stereocenters. The number of nitrogens with two attached hydrogens (primary N) is 1. The lowest BCUT2D eigenvalue weighted by Crippen LogP contribution is -2.40. The summed E-state index contributed by atoms with van der Waals surface area (Å²) in [5, 5.41) is 20.8. The van der Waals surface area contributed by atoms with Crippen molar-refractivity contribution in [3.8, 4) is 11.5 Å². The van der Waals surface area contributed by atoms with Gasteiger partial charge < -0.3 is 20.9 Å². The SMILES string of the molecule is NC(Cc1nc2ccccc2[nH]1)(c1ccccc1O)c1ccccc1O. The lowest BCUT2D eigenvalue weighted by Gasteiger charge is -2.31. The van der Waals surface area contributed by atoms with Crippen molar-refractivity contribution in [3.05, 3.63) is 89.7 Å². The zero-order chi connectivity index (χ0) is 18.1. The number of fused-ring (bicyclic) bond motifs is 1. The average Bonchev–Trinajstić information content (AvgIpc) is 3.04. The Hall–Kier alpha value is -3.31. The molecule has 1 aromatic heterocycles. The maximum Gasteiger partial charge on any atom is 0.120 e. The number of nitrogens with zero attached hydrogens (tertiary/aromatic N) is 1. The number of aromatic hydroxyl groups is 2. The fourth-order valence-corrected chi connectivity index (χ4v) is 3.39. The third-order valence-corrected chi connectivity index (χ3v) is 4.65. The van der Waals surface area contributed by atoms with Gasteiger partial charge in [0.15, 0.2) is 0 Å². The molecular formula is C21H19N3O2. The second-order valence-corrected chi connectivity index (χ2v) is 6.38. The van der Waals surface area contributed by atoms with Gasteiger partial charge in [-0.15, -0.1) is 0 Å². The monoisotopic (exact) mass is 345 g/mol. The van der Waals surface area contributed by atoms with Gasteiger partial charge in [0.1, 0.15) is 17.3 Å². The van der Waals surface area contributed by atoms with Crippen molar-refractivity contribution in [2.24, 2.45) is 5.73 Å². The highest BCUT2D eigenvalue weighted by molar-refractivity contribution is 5.74. The summed E-state index contributed by atoms with van der Waals surface area (Å²) < 4.78 is 0. The third-order valence-electron chi connectivity index (χ3n) is 4.65. The van der Waals surface area contributed by atoms with Gasteiger partial charge in [-0.05, 0) is 24.3 Å². The zero-order valence-electron chi connectivity index (χ0n) is 14.1. The standard InChI is InChI=1S/C21H19N3O2/c22-21(14-7-1-5-11-18(14)25,15-8-2-6-12-19(15)26)13-20-23-16-9-3-4-10-17(16)24-20/h1-12,25-26H,13,22H2,(H,23,24). The summed E-state index contributed by atoms with van der Waals surface area (Å²) in [6.45, 7) is 0. The predicted molar refractivity (Wildman–Crippen MR) is 101 cm³/mol. The molecule has 4 aromatic rings. The number of phenols is 2. The lowest BCUT2D eigenvalue weighted by atomic mass is 9.80. The number of aromatic nitrogens is 2. The zero-order valence-corrected chi connectivity index (χ0v) is 14.1. The first kappa shape index (κ1) is 16.2. The summed E-state index contributed by atoms with van der Waals surface area (Å²) >= 11 is 0. The molecule has 5 heteroatoms. The maximum atomic E-state index is 10.4. The smallest absolute Gasteiger partial charge is 0.120 e. The number of nitrogens with one attached hydrogen (secondary N) is 1. The fourth-order valence-electron chi connectivity index (χ4n) is 3.39. The van der Waals surface area contributed by atoms with E-state index in [0.717, 1.165) is 11.0 Å². The Balaban J connectivity index is 1.88. The van der Waals surface area contributed by atoms with Gasteiger partial charge in [-0.2, -0.15) is 0 Å². The summed E-state index contributed by atoms with van der Waals surface area (Å²) in [4.78, 5) is 7.88. The second kappa shape index (κ2) is 6.20. The highest BCUT2D eigenvalue weighted by Crippen LogP contribution is 2.39. The van der Waals surface area contributed by atoms with Crippen LogP contribution in [0.5, 0.6) is 11.5 Å². The molecule has 5 N–H and O–H groups in total. The van der Waals surface area contributed by atoms with Gasteiger partial charge in [0.2, 0.25) is 0 Å². The largest absolute Gasteiger partial charge is 0.508 e. The van der Waals surface area contributed by atoms with Crippen molar-refractivity contribution in [1.82, 2.24) is 9.97 Å². The van der Waals surface area contributed by atoms with Gasteiger partial charge in [0.25, 0.3) is 0 Å². The number of imidazole rings is 1. The van der Waals surface area contributed by atoms with Crippen LogP contribution in [0.1, 0.15) is 17.0 Å². The van der Waals surface area contributed by atoms with Gasteiger partial charge in [0.05, 0.1) is 16.6 Å². The third kappa shape index (κ3) is 2.68. The Labute approximate surface area is 150 Å². The van der Waals surface area contributed by atoms with E-state index in [1.807, 2.05) is 36.4 Å². The van der Waals surface area contributed by atoms with Crippen LogP contribution in [-0.2, 0) is 12.0 Å². The van der Waals surface area contributed by atoms with Crippen LogP contribution in [0.25, 0.3) is 11.0 Å². The number of hydrogen-bond acceptors (Lipinski definition) is 4. The quantitative estimate of drug-likeness (QED) is 0.456. The summed E-state index contributed by atoms with van der Waals surface area (Å²) in [5.41, 5.74) is 8.49. The molecule has 0 radical (unpaired) electrons. The number of aromatic amines is 1. The molecule has 0 saturated heterocycles. The van der Waals surface area contributed by atoms with Crippen molar-refractivity contribution < 1.29 is 10.2 Å². The van der Waals surface area contributed by atoms with Gasteiger partial charge >= 0.3 is 0 Å². The van der Waals surface area contributed by atoms with Crippen LogP contribution in [0.4, 0.5) is 0 Å². The van der Waals surface area contributed by atoms with E-state index in [0.29, 0.717) is 17.0 Å². The van der Waals surface area contributed by atoms with E-state index in [1.54, 1.807) is 36.4 Å². The molecule has 0 aliphatic heterocycles. The molecule has 26 heavy (non-hydrogen) atoms. The normalized spacial score (nSPS) is 11.7. The van der Waals surface area contributed by atoms with Gasteiger partial charge in [-0.1, -0.05) is 48.5 Å². The fraction of sp³-hybridized carbons (Fsp3) is 0.0952. The molecule has 5 nitrogen and oxygen atoms in total. The van der Waals surface area contributed by atoms with E-state index in [-0.39, 0.29) is 17.9 Å². The Morgan fingerprint density at radius 2 is 1.35 bits per heavy atom. The number of hydrogen-bond donors (Lipinski definition) is 4. The minimum absolute atomic E-state index is 0.0781. The number of rotatable bonds is 4. The Morgan fingerprint density at radius 1 is 0.808 bits per heavy atom. The minimum atomic E-state index is -1.15. The highest BCUT2D eigenvalue weighted by Gasteiger charge is 2.35. The van der Waals surface area contributed by atoms with Crippen LogP contribution in [0.2, 0.25) is 0 Å². The number of benzene rings is 3. The summed E-state index contributed by atoms with van der Waals surface area (Å²) in [5.74, 6) is 0.837. The molecule has 3 aromatic carbocycles. The second-order valence-electron chi connectivity index (χ2n) is 6.38. The van der Waals surface area contributed by atoms with Crippen LogP contribution in [0.3, 0.4) is 0 Å². The first-order valence-electron chi connectivity index (χ1n) is 8.37. The molecule has 0 aliphatic rings. The first-order valence-corrected chi connectivity index (χ1v) is 8.37. The molecule has 0 unspecified atom stereocenters. The highest BCUT2D eigenvalue weighted by atomic mass is 16.3. The summed E-state index contributed by atoms with van der Waals surface area (Å²) in [6.07, 6.45) is 0.289. The molecular weight excluding hydrogens is 326 g/mol. The predicted octanol–water partition coefficient (Wildman–Crippen LogP) is 3.42. The van der Waals surface area contributed by atoms with E-state index in [1.165, 1.54) is 0 Å². The van der Waals surface area contributed by atoms with Crippen LogP contribution < -0.4 is 5.73 Å². The van der Waals surface area contributed by atoms with Crippen LogP contribution in [0, 0.1) is 0 Å². The molecule has 130 valence electrons. The molecule has 1 heterocycles. The van der Waals surface area contributed by atoms with E-state index >= 15 is 0 Å². The van der Waals surface area contributed by atoms with Crippen LogP contribution in [-0.4, -0.2) is 20.2 Å². The van der Waals surface area contributed by atoms with E-state index in [9.17, 15) is 10.2 Å². The molecule has 0 fully saturated rings. The van der Waals surface area contributed by atoms with Gasteiger partial charge in [0, 0.05) is 17.5 Å². The Morgan fingerprint density at radius 3 is 1.92 bits per heavy atom. The van der Waals surface area contributed by atoms with E-state index in [4.69, 9.17) is 5.73 Å². The molecule has 0 saturated carbocycles. The van der Waals surface area contributed by atoms with Crippen LogP contribution >= 0.6 is 0 Å². The Bertz CT molecular complexity index is 993. The Kier molecular flexibility index (Phi) is 3.86. The summed E-state index contributed by atoms with van der Waals surface area (Å²) in [7, 11) is 0. The van der Waals surface area contributed by atoms with Crippen molar-refractivity contribution in [1.29, 1.82) is 0 Å². The van der Waals surface area contributed by atoms with Crippen molar-refractivity contribution in [3.63, 3.8) is 0 Å². The minimum Gasteiger partial charge on any atom is -0.508 e. The van der Waals surface area contributed by atoms with Gasteiger partial charge in [-0.25, -0.2) is 4.98 Å². The molecule has 0 aliphatic carbocycles. The molecule has 0 spiro atoms. The van der Waals surface area contributed by atoms with Crippen molar-refractivity contribution in [2.75, 3.05) is 0 Å². The maximum absolute atomic E-state index is 10.4. The van der Waals surface area contributed by atoms with Crippen molar-refractivity contribution in [2.45, 2.75) is 12.0 Å². The summed E-state index contributed by atoms with van der Waals surface area (Å²) in [6, 6.07) is 21.6. The lowest BCUT2D eigenvalue weighted by molar-refractivity contribution is 0.413. The first-order chi connectivity index (χ1) is 12.6. The van der Waals surface area contributed by atoms with Crippen LogP contribution in [0.15, 0.2) is 72.8 Å². The average molecular weight is 345 g/mol. The van der Waals surface area contributed by atoms with E-state index < -0.39 is 5.54 Å². The molecule has 4 rings (SSSR count).